The van der Waals surface area contributed by atoms with E-state index in [9.17, 15) is 5.11 Å². The Morgan fingerprint density at radius 2 is 1.17 bits per heavy atom. The lowest BCUT2D eigenvalue weighted by atomic mass is 9.94. The van der Waals surface area contributed by atoms with E-state index >= 15 is 0 Å². The Labute approximate surface area is 115 Å². The quantitative estimate of drug-likeness (QED) is 0.419. The molecule has 0 aliphatic rings. The van der Waals surface area contributed by atoms with E-state index in [0.717, 1.165) is 6.42 Å². The fourth-order valence-corrected chi connectivity index (χ4v) is 2.49. The molecule has 0 heterocycles. The molecule has 2 atom stereocenters. The van der Waals surface area contributed by atoms with E-state index in [0.29, 0.717) is 5.92 Å². The summed E-state index contributed by atoms with van der Waals surface area (Å²) in [7, 11) is 0. The first-order valence-corrected chi connectivity index (χ1v) is 8.40. The number of rotatable bonds is 13. The van der Waals surface area contributed by atoms with Crippen LogP contribution in [0.25, 0.3) is 0 Å². The second kappa shape index (κ2) is 13.4. The summed E-state index contributed by atoms with van der Waals surface area (Å²) < 4.78 is 0. The molecular formula is C17H36O. The molecule has 1 heteroatoms. The standard InChI is InChI=1S/C17H36O/c1-4-6-8-9-10-11-12-13-15-17(18)16(3)14-7-5-2/h16-18H,4-15H2,1-3H3/t16-,17-/m1/s1. The van der Waals surface area contributed by atoms with Crippen LogP contribution in [0.2, 0.25) is 0 Å². The van der Waals surface area contributed by atoms with Crippen molar-refractivity contribution in [1.82, 2.24) is 0 Å². The maximum atomic E-state index is 10.0. The molecule has 0 bridgehead atoms. The third-order valence-corrected chi connectivity index (χ3v) is 4.02. The van der Waals surface area contributed by atoms with Gasteiger partial charge in [0, 0.05) is 0 Å². The van der Waals surface area contributed by atoms with Crippen LogP contribution in [-0.2, 0) is 0 Å². The van der Waals surface area contributed by atoms with Gasteiger partial charge in [-0.25, -0.2) is 0 Å². The van der Waals surface area contributed by atoms with E-state index in [4.69, 9.17) is 0 Å². The molecule has 0 aromatic rings. The summed E-state index contributed by atoms with van der Waals surface area (Å²) in [6, 6.07) is 0. The molecule has 18 heavy (non-hydrogen) atoms. The van der Waals surface area contributed by atoms with Crippen LogP contribution in [0.4, 0.5) is 0 Å². The summed E-state index contributed by atoms with van der Waals surface area (Å²) >= 11 is 0. The summed E-state index contributed by atoms with van der Waals surface area (Å²) in [6.45, 7) is 6.68. The molecule has 0 amide bonds. The van der Waals surface area contributed by atoms with E-state index < -0.39 is 0 Å². The second-order valence-corrected chi connectivity index (χ2v) is 5.95. The molecule has 1 nitrogen and oxygen atoms in total. The van der Waals surface area contributed by atoms with Crippen LogP contribution >= 0.6 is 0 Å². The maximum absolute atomic E-state index is 10.0. The van der Waals surface area contributed by atoms with Gasteiger partial charge in [-0.15, -0.1) is 0 Å². The lowest BCUT2D eigenvalue weighted by Gasteiger charge is -2.18. The predicted octanol–water partition coefficient (Wildman–Crippen LogP) is 5.70. The van der Waals surface area contributed by atoms with Gasteiger partial charge in [-0.2, -0.15) is 0 Å². The average Bonchev–Trinajstić information content (AvgIpc) is 2.38. The van der Waals surface area contributed by atoms with Crippen molar-refractivity contribution in [3.63, 3.8) is 0 Å². The lowest BCUT2D eigenvalue weighted by molar-refractivity contribution is 0.0988. The van der Waals surface area contributed by atoms with Crippen molar-refractivity contribution in [2.24, 2.45) is 5.92 Å². The van der Waals surface area contributed by atoms with Crippen LogP contribution in [0, 0.1) is 5.92 Å². The highest BCUT2D eigenvalue weighted by molar-refractivity contribution is 4.64. The maximum Gasteiger partial charge on any atom is 0.0565 e. The van der Waals surface area contributed by atoms with Gasteiger partial charge in [-0.1, -0.05) is 85.0 Å². The number of aliphatic hydroxyl groups is 1. The largest absolute Gasteiger partial charge is 0.393 e. The van der Waals surface area contributed by atoms with Gasteiger partial charge in [-0.05, 0) is 18.8 Å². The molecular weight excluding hydrogens is 220 g/mol. The SMILES string of the molecule is CCCCCCCCCC[C@@H](O)[C@H](C)CCCC. The predicted molar refractivity (Wildman–Crippen MR) is 81.9 cm³/mol. The number of hydrogen-bond donors (Lipinski definition) is 1. The second-order valence-electron chi connectivity index (χ2n) is 5.95. The molecule has 0 aromatic carbocycles. The normalized spacial score (nSPS) is 14.7. The Kier molecular flexibility index (Phi) is 13.4. The summed E-state index contributed by atoms with van der Waals surface area (Å²) in [5.74, 6) is 0.495. The molecule has 110 valence electrons. The zero-order valence-corrected chi connectivity index (χ0v) is 13.1. The fraction of sp³-hybridized carbons (Fsp3) is 1.00. The highest BCUT2D eigenvalue weighted by Crippen LogP contribution is 2.18. The van der Waals surface area contributed by atoms with Crippen molar-refractivity contribution in [2.75, 3.05) is 0 Å². The van der Waals surface area contributed by atoms with Gasteiger partial charge in [-0.3, -0.25) is 0 Å². The van der Waals surface area contributed by atoms with Gasteiger partial charge in [0.2, 0.25) is 0 Å². The minimum absolute atomic E-state index is 0.0587. The van der Waals surface area contributed by atoms with Gasteiger partial charge in [0.1, 0.15) is 0 Å². The van der Waals surface area contributed by atoms with Crippen molar-refractivity contribution in [1.29, 1.82) is 0 Å². The van der Waals surface area contributed by atoms with Crippen LogP contribution in [0.3, 0.4) is 0 Å². The monoisotopic (exact) mass is 256 g/mol. The molecule has 0 spiro atoms. The topological polar surface area (TPSA) is 20.2 Å². The first-order valence-electron chi connectivity index (χ1n) is 8.40. The molecule has 0 radical (unpaired) electrons. The first kappa shape index (κ1) is 18.0. The Morgan fingerprint density at radius 3 is 1.72 bits per heavy atom. The van der Waals surface area contributed by atoms with E-state index in [1.807, 2.05) is 0 Å². The van der Waals surface area contributed by atoms with Gasteiger partial charge in [0.05, 0.1) is 6.10 Å². The summed E-state index contributed by atoms with van der Waals surface area (Å²) in [6.07, 6.45) is 15.5. The molecule has 0 aliphatic heterocycles. The minimum Gasteiger partial charge on any atom is -0.393 e. The van der Waals surface area contributed by atoms with Crippen LogP contribution in [0.1, 0.15) is 97.8 Å². The molecule has 0 saturated carbocycles. The summed E-state index contributed by atoms with van der Waals surface area (Å²) in [4.78, 5) is 0. The highest BCUT2D eigenvalue weighted by Gasteiger charge is 2.12. The Bertz CT molecular complexity index is 156. The first-order chi connectivity index (χ1) is 8.72. The van der Waals surface area contributed by atoms with Crippen LogP contribution in [0.5, 0.6) is 0 Å². The van der Waals surface area contributed by atoms with Crippen LogP contribution in [-0.4, -0.2) is 11.2 Å². The highest BCUT2D eigenvalue weighted by atomic mass is 16.3. The fourth-order valence-electron chi connectivity index (χ4n) is 2.49. The molecule has 0 aliphatic carbocycles. The van der Waals surface area contributed by atoms with Gasteiger partial charge < -0.3 is 5.11 Å². The van der Waals surface area contributed by atoms with Crippen molar-refractivity contribution in [3.8, 4) is 0 Å². The molecule has 0 unspecified atom stereocenters. The molecule has 0 rings (SSSR count). The zero-order valence-electron chi connectivity index (χ0n) is 13.1. The minimum atomic E-state index is -0.0587. The van der Waals surface area contributed by atoms with Gasteiger partial charge >= 0.3 is 0 Å². The number of hydrogen-bond acceptors (Lipinski definition) is 1. The van der Waals surface area contributed by atoms with E-state index in [1.54, 1.807) is 0 Å². The average molecular weight is 256 g/mol. The Hall–Kier alpha value is -0.0400. The Balaban J connectivity index is 3.26. The van der Waals surface area contributed by atoms with Gasteiger partial charge in [0.15, 0.2) is 0 Å². The van der Waals surface area contributed by atoms with Gasteiger partial charge in [0.25, 0.3) is 0 Å². The smallest absolute Gasteiger partial charge is 0.0565 e. The molecule has 0 saturated heterocycles. The van der Waals surface area contributed by atoms with Crippen molar-refractivity contribution in [2.45, 2.75) is 104 Å². The lowest BCUT2D eigenvalue weighted by Crippen LogP contribution is -2.17. The summed E-state index contributed by atoms with van der Waals surface area (Å²) in [5, 5.41) is 10.0. The van der Waals surface area contributed by atoms with Crippen molar-refractivity contribution >= 4 is 0 Å². The van der Waals surface area contributed by atoms with Crippen molar-refractivity contribution < 1.29 is 5.11 Å². The Morgan fingerprint density at radius 1 is 0.667 bits per heavy atom. The third kappa shape index (κ3) is 11.1. The molecule has 1 N–H and O–H groups in total. The van der Waals surface area contributed by atoms with E-state index in [-0.39, 0.29) is 6.10 Å². The number of aliphatic hydroxyl groups excluding tert-OH is 1. The van der Waals surface area contributed by atoms with E-state index in [1.165, 1.54) is 70.6 Å². The zero-order chi connectivity index (χ0) is 13.6. The number of unbranched alkanes of at least 4 members (excludes halogenated alkanes) is 8. The summed E-state index contributed by atoms with van der Waals surface area (Å²) in [5.41, 5.74) is 0. The molecule has 0 aromatic heterocycles. The third-order valence-electron chi connectivity index (χ3n) is 4.02. The van der Waals surface area contributed by atoms with Crippen LogP contribution in [0.15, 0.2) is 0 Å². The van der Waals surface area contributed by atoms with E-state index in [2.05, 4.69) is 20.8 Å². The van der Waals surface area contributed by atoms with Crippen LogP contribution < -0.4 is 0 Å². The van der Waals surface area contributed by atoms with Crippen molar-refractivity contribution in [3.05, 3.63) is 0 Å². The molecule has 0 fully saturated rings.